The number of hydrogen-bond acceptors (Lipinski definition) is 1. The fourth-order valence-corrected chi connectivity index (χ4v) is 2.75. The van der Waals surface area contributed by atoms with Crippen molar-refractivity contribution < 1.29 is 5.11 Å². The van der Waals surface area contributed by atoms with Crippen molar-refractivity contribution in [2.45, 2.75) is 47.0 Å². The lowest BCUT2D eigenvalue weighted by Crippen LogP contribution is -2.43. The second kappa shape index (κ2) is 4.00. The molecule has 1 nitrogen and oxygen atoms in total. The van der Waals surface area contributed by atoms with E-state index in [4.69, 9.17) is 0 Å². The Hall–Kier alpha value is -0.0400. The van der Waals surface area contributed by atoms with Crippen molar-refractivity contribution in [3.8, 4) is 0 Å². The first kappa shape index (κ1) is 11.0. The summed E-state index contributed by atoms with van der Waals surface area (Å²) in [6, 6.07) is 0. The molecule has 0 saturated heterocycles. The molecule has 0 radical (unpaired) electrons. The lowest BCUT2D eigenvalue weighted by molar-refractivity contribution is -0.0395. The molecule has 0 unspecified atom stereocenters. The van der Waals surface area contributed by atoms with Crippen LogP contribution in [0.2, 0.25) is 0 Å². The highest BCUT2D eigenvalue weighted by molar-refractivity contribution is 4.94. The Morgan fingerprint density at radius 3 is 2.08 bits per heavy atom. The summed E-state index contributed by atoms with van der Waals surface area (Å²) in [7, 11) is 0. The molecule has 0 bridgehead atoms. The lowest BCUT2D eigenvalue weighted by atomic mass is 9.56. The maximum Gasteiger partial charge on any atom is 0.0487 e. The number of aliphatic hydroxyl groups is 1. The third kappa shape index (κ3) is 2.46. The minimum absolute atomic E-state index is 0.295. The average molecular weight is 184 g/mol. The van der Waals surface area contributed by atoms with Gasteiger partial charge in [0.1, 0.15) is 0 Å². The molecule has 1 aliphatic rings. The van der Waals surface area contributed by atoms with Gasteiger partial charge in [0, 0.05) is 6.61 Å². The monoisotopic (exact) mass is 184 g/mol. The van der Waals surface area contributed by atoms with Gasteiger partial charge in [0.2, 0.25) is 0 Å². The molecule has 0 aromatic rings. The molecule has 0 spiro atoms. The Labute approximate surface area is 82.5 Å². The highest BCUT2D eigenvalue weighted by Crippen LogP contribution is 2.52. The predicted molar refractivity (Wildman–Crippen MR) is 56.5 cm³/mol. The van der Waals surface area contributed by atoms with E-state index in [-0.39, 0.29) is 0 Å². The summed E-state index contributed by atoms with van der Waals surface area (Å²) >= 11 is 0. The van der Waals surface area contributed by atoms with E-state index in [0.29, 0.717) is 12.0 Å². The zero-order chi connectivity index (χ0) is 10.1. The quantitative estimate of drug-likeness (QED) is 0.712. The smallest absolute Gasteiger partial charge is 0.0487 e. The molecule has 13 heavy (non-hydrogen) atoms. The predicted octanol–water partition coefficient (Wildman–Crippen LogP) is 3.08. The molecule has 1 aliphatic carbocycles. The summed E-state index contributed by atoms with van der Waals surface area (Å²) in [4.78, 5) is 0. The van der Waals surface area contributed by atoms with Crippen LogP contribution in [0.3, 0.4) is 0 Å². The molecule has 78 valence electrons. The zero-order valence-electron chi connectivity index (χ0n) is 9.51. The van der Waals surface area contributed by atoms with Gasteiger partial charge in [0.05, 0.1) is 0 Å². The first-order chi connectivity index (χ1) is 5.99. The van der Waals surface area contributed by atoms with Crippen molar-refractivity contribution in [2.24, 2.45) is 23.2 Å². The topological polar surface area (TPSA) is 20.2 Å². The first-order valence-corrected chi connectivity index (χ1v) is 5.60. The molecular weight excluding hydrogens is 160 g/mol. The fraction of sp³-hybridized carbons (Fsp3) is 1.00. The van der Waals surface area contributed by atoms with Crippen molar-refractivity contribution in [1.29, 1.82) is 0 Å². The van der Waals surface area contributed by atoms with Gasteiger partial charge in [0.15, 0.2) is 0 Å². The van der Waals surface area contributed by atoms with Gasteiger partial charge in [0.25, 0.3) is 0 Å². The summed E-state index contributed by atoms with van der Waals surface area (Å²) in [6.07, 6.45) is 3.70. The molecule has 1 saturated carbocycles. The molecule has 1 fully saturated rings. The number of hydrogen-bond donors (Lipinski definition) is 1. The molecule has 0 atom stereocenters. The molecule has 1 heteroatoms. The fourth-order valence-electron chi connectivity index (χ4n) is 2.75. The second-order valence-corrected chi connectivity index (χ2v) is 5.67. The Morgan fingerprint density at radius 2 is 1.77 bits per heavy atom. The second-order valence-electron chi connectivity index (χ2n) is 5.67. The van der Waals surface area contributed by atoms with Crippen LogP contribution in [-0.4, -0.2) is 11.7 Å². The first-order valence-electron chi connectivity index (χ1n) is 5.60. The normalized spacial score (nSPS) is 33.9. The average Bonchev–Trinajstić information content (AvgIpc) is 1.94. The van der Waals surface area contributed by atoms with Gasteiger partial charge in [-0.1, -0.05) is 27.7 Å². The largest absolute Gasteiger partial charge is 0.396 e. The van der Waals surface area contributed by atoms with E-state index >= 15 is 0 Å². The SMILES string of the molecule is CC(C)CC1(CO)CC(C(C)C)C1. The van der Waals surface area contributed by atoms with E-state index in [2.05, 4.69) is 27.7 Å². The molecule has 0 aromatic carbocycles. The highest BCUT2D eigenvalue weighted by atomic mass is 16.3. The van der Waals surface area contributed by atoms with Gasteiger partial charge in [-0.3, -0.25) is 0 Å². The van der Waals surface area contributed by atoms with Gasteiger partial charge in [-0.2, -0.15) is 0 Å². The van der Waals surface area contributed by atoms with Crippen molar-refractivity contribution in [2.75, 3.05) is 6.61 Å². The standard InChI is InChI=1S/C12H24O/c1-9(2)5-12(8-13)6-11(7-12)10(3)4/h9-11,13H,5-8H2,1-4H3. The van der Waals surface area contributed by atoms with Gasteiger partial charge in [-0.15, -0.1) is 0 Å². The van der Waals surface area contributed by atoms with Gasteiger partial charge in [-0.25, -0.2) is 0 Å². The summed E-state index contributed by atoms with van der Waals surface area (Å²) in [6.45, 7) is 9.48. The summed E-state index contributed by atoms with van der Waals surface area (Å²) in [5.41, 5.74) is 0.295. The van der Waals surface area contributed by atoms with Crippen LogP contribution in [-0.2, 0) is 0 Å². The van der Waals surface area contributed by atoms with E-state index in [1.807, 2.05) is 0 Å². The number of rotatable bonds is 4. The molecule has 0 amide bonds. The van der Waals surface area contributed by atoms with E-state index in [1.165, 1.54) is 19.3 Å². The summed E-state index contributed by atoms with van der Waals surface area (Å²) in [5, 5.41) is 9.38. The summed E-state index contributed by atoms with van der Waals surface area (Å²) < 4.78 is 0. The van der Waals surface area contributed by atoms with Gasteiger partial charge >= 0.3 is 0 Å². The molecule has 0 aromatic heterocycles. The van der Waals surface area contributed by atoms with Crippen molar-refractivity contribution in [1.82, 2.24) is 0 Å². The highest BCUT2D eigenvalue weighted by Gasteiger charge is 2.44. The third-order valence-corrected chi connectivity index (χ3v) is 3.51. The Balaban J connectivity index is 2.40. The maximum absolute atomic E-state index is 9.38. The molecule has 1 rings (SSSR count). The van der Waals surface area contributed by atoms with Crippen LogP contribution < -0.4 is 0 Å². The van der Waals surface area contributed by atoms with Crippen molar-refractivity contribution >= 4 is 0 Å². The van der Waals surface area contributed by atoms with Crippen LogP contribution in [0.15, 0.2) is 0 Å². The lowest BCUT2D eigenvalue weighted by Gasteiger charge is -2.49. The van der Waals surface area contributed by atoms with Crippen molar-refractivity contribution in [3.63, 3.8) is 0 Å². The van der Waals surface area contributed by atoms with E-state index in [0.717, 1.165) is 17.8 Å². The summed E-state index contributed by atoms with van der Waals surface area (Å²) in [5.74, 6) is 2.39. The Bertz CT molecular complexity index is 155. The zero-order valence-corrected chi connectivity index (χ0v) is 9.51. The molecule has 1 N–H and O–H groups in total. The maximum atomic E-state index is 9.38. The van der Waals surface area contributed by atoms with E-state index in [9.17, 15) is 5.11 Å². The van der Waals surface area contributed by atoms with Gasteiger partial charge in [-0.05, 0) is 42.4 Å². The minimum atomic E-state index is 0.295. The van der Waals surface area contributed by atoms with E-state index in [1.54, 1.807) is 0 Å². The van der Waals surface area contributed by atoms with Crippen LogP contribution in [0.5, 0.6) is 0 Å². The van der Waals surface area contributed by atoms with Crippen molar-refractivity contribution in [3.05, 3.63) is 0 Å². The Kier molecular flexibility index (Phi) is 3.39. The van der Waals surface area contributed by atoms with Gasteiger partial charge < -0.3 is 5.11 Å². The van der Waals surface area contributed by atoms with Crippen LogP contribution in [0.4, 0.5) is 0 Å². The Morgan fingerprint density at radius 1 is 1.23 bits per heavy atom. The molecular formula is C12H24O. The molecule has 0 aliphatic heterocycles. The van der Waals surface area contributed by atoms with Crippen LogP contribution in [0, 0.1) is 23.2 Å². The molecule has 0 heterocycles. The number of aliphatic hydroxyl groups excluding tert-OH is 1. The van der Waals surface area contributed by atoms with Crippen LogP contribution >= 0.6 is 0 Å². The van der Waals surface area contributed by atoms with Crippen LogP contribution in [0.25, 0.3) is 0 Å². The van der Waals surface area contributed by atoms with E-state index < -0.39 is 0 Å². The third-order valence-electron chi connectivity index (χ3n) is 3.51. The van der Waals surface area contributed by atoms with Crippen LogP contribution in [0.1, 0.15) is 47.0 Å². The minimum Gasteiger partial charge on any atom is -0.396 e.